The molecule has 4 aromatic rings. The Morgan fingerprint density at radius 1 is 0.783 bits per heavy atom. The van der Waals surface area contributed by atoms with Crippen molar-refractivity contribution < 1.29 is 19.7 Å². The molecule has 0 saturated carbocycles. The second-order valence-corrected chi connectivity index (χ2v) is 12.6. The number of rotatable bonds is 11. The number of nitrogens with one attached hydrogen (secondary N) is 2. The molecular formula is C36H40Cl2N4O4. The van der Waals surface area contributed by atoms with Gasteiger partial charge in [0.25, 0.3) is 0 Å². The number of aliphatic hydroxyl groups excluding tert-OH is 1. The van der Waals surface area contributed by atoms with E-state index in [9.17, 15) is 10.2 Å². The maximum atomic E-state index is 14.1. The Kier molecular flexibility index (Phi) is 9.66. The minimum Gasteiger partial charge on any atom is -0.490 e. The zero-order chi connectivity index (χ0) is 32.3. The molecule has 2 heterocycles. The molecule has 4 atom stereocenters. The first-order chi connectivity index (χ1) is 22.3. The zero-order valence-corrected chi connectivity index (χ0v) is 27.5. The summed E-state index contributed by atoms with van der Waals surface area (Å²) in [5, 5.41) is 34.4. The van der Waals surface area contributed by atoms with E-state index < -0.39 is 23.3 Å². The van der Waals surface area contributed by atoms with Crippen molar-refractivity contribution >= 4 is 34.6 Å². The van der Waals surface area contributed by atoms with Crippen molar-refractivity contribution in [1.29, 1.82) is 0 Å². The highest BCUT2D eigenvalue weighted by molar-refractivity contribution is 6.31. The molecule has 0 fully saturated rings. The molecule has 6 rings (SSSR count). The molecule has 8 nitrogen and oxygen atoms in total. The van der Waals surface area contributed by atoms with Gasteiger partial charge < -0.3 is 40.1 Å². The molecule has 10 heteroatoms. The fraction of sp³-hybridized carbons (Fsp3) is 0.333. The van der Waals surface area contributed by atoms with Crippen LogP contribution in [0.25, 0.3) is 0 Å². The van der Waals surface area contributed by atoms with Crippen molar-refractivity contribution in [3.63, 3.8) is 0 Å². The summed E-state index contributed by atoms with van der Waals surface area (Å²) in [4.78, 5) is 4.27. The molecule has 0 saturated heterocycles. The van der Waals surface area contributed by atoms with E-state index in [1.165, 1.54) is 0 Å². The summed E-state index contributed by atoms with van der Waals surface area (Å²) >= 11 is 13.2. The number of benzene rings is 4. The van der Waals surface area contributed by atoms with Gasteiger partial charge in [-0.05, 0) is 61.6 Å². The molecule has 0 aliphatic carbocycles. The normalized spacial score (nSPS) is 18.2. The first-order valence-electron chi connectivity index (χ1n) is 15.5. The number of hydrogen-bond donors (Lipinski definition) is 4. The quantitative estimate of drug-likeness (QED) is 0.173. The summed E-state index contributed by atoms with van der Waals surface area (Å²) in [7, 11) is 3.62. The third kappa shape index (κ3) is 5.57. The molecule has 2 aliphatic heterocycles. The Bertz CT molecular complexity index is 1630. The number of ether oxygens (including phenoxy) is 2. The molecule has 4 aromatic carbocycles. The van der Waals surface area contributed by atoms with Gasteiger partial charge in [-0.1, -0.05) is 83.9 Å². The largest absolute Gasteiger partial charge is 0.490 e. The van der Waals surface area contributed by atoms with Crippen molar-refractivity contribution in [2.45, 2.75) is 23.3 Å². The number of aliphatic hydroxyl groups is 2. The molecule has 242 valence electrons. The van der Waals surface area contributed by atoms with E-state index in [0.717, 1.165) is 16.8 Å². The SMILES string of the molecule is CNC[C@H](O)[C@](c1ccccc1)(N1CCOc2ccc(Cl)cc21)[C@@](O)(CNC)[C@H](c1ccccc1)N1CCOc2ccc(Cl)cc21. The summed E-state index contributed by atoms with van der Waals surface area (Å²) < 4.78 is 12.2. The highest BCUT2D eigenvalue weighted by atomic mass is 35.5. The van der Waals surface area contributed by atoms with E-state index in [-0.39, 0.29) is 13.1 Å². The van der Waals surface area contributed by atoms with E-state index in [0.29, 0.717) is 53.5 Å². The van der Waals surface area contributed by atoms with E-state index in [4.69, 9.17) is 32.7 Å². The van der Waals surface area contributed by atoms with Gasteiger partial charge in [0.15, 0.2) is 0 Å². The Labute approximate surface area is 280 Å². The Hall–Kier alpha value is -3.50. The smallest absolute Gasteiger partial charge is 0.142 e. The topological polar surface area (TPSA) is 89.5 Å². The van der Waals surface area contributed by atoms with Crippen molar-refractivity contribution in [3.05, 3.63) is 118 Å². The second kappa shape index (κ2) is 13.7. The first-order valence-corrected chi connectivity index (χ1v) is 16.3. The predicted molar refractivity (Wildman–Crippen MR) is 185 cm³/mol. The molecule has 4 N–H and O–H groups in total. The van der Waals surface area contributed by atoms with Gasteiger partial charge in [-0.3, -0.25) is 0 Å². The minimum absolute atomic E-state index is 0.0999. The number of hydrogen-bond acceptors (Lipinski definition) is 8. The molecule has 0 aromatic heterocycles. The Morgan fingerprint density at radius 2 is 1.37 bits per heavy atom. The minimum atomic E-state index is -1.74. The number of likely N-dealkylation sites (N-methyl/N-ethyl adjacent to an activating group) is 2. The summed E-state index contributed by atoms with van der Waals surface area (Å²) in [6, 6.07) is 30.0. The van der Waals surface area contributed by atoms with Gasteiger partial charge in [-0.2, -0.15) is 0 Å². The number of fused-ring (bicyclic) bond motifs is 2. The fourth-order valence-electron chi connectivity index (χ4n) is 7.43. The standard InChI is InChI=1S/C36H40Cl2N4O4/c1-39-23-33(43)36(26-11-7-4-8-12-26,42-18-20-46-32-16-14-28(38)22-30(32)42)35(44,24-40-2)34(25-9-5-3-6-10-25)41-17-19-45-31-15-13-27(37)21-29(31)41/h3-16,21-22,33-34,39-40,43-44H,17-20,23-24H2,1-2H3/t33-,34-,35+,36-/m0/s1. The van der Waals surface area contributed by atoms with Gasteiger partial charge in [0.1, 0.15) is 35.9 Å². The van der Waals surface area contributed by atoms with Crippen LogP contribution in [0.15, 0.2) is 97.1 Å². The molecule has 46 heavy (non-hydrogen) atoms. The van der Waals surface area contributed by atoms with Crippen LogP contribution in [0.4, 0.5) is 11.4 Å². The molecule has 0 amide bonds. The van der Waals surface area contributed by atoms with Crippen LogP contribution in [-0.2, 0) is 5.54 Å². The lowest BCUT2D eigenvalue weighted by Crippen LogP contribution is -2.76. The molecular weight excluding hydrogens is 623 g/mol. The Balaban J connectivity index is 1.72. The average molecular weight is 664 g/mol. The van der Waals surface area contributed by atoms with Crippen LogP contribution in [0.1, 0.15) is 17.2 Å². The highest BCUT2D eigenvalue weighted by Crippen LogP contribution is 2.55. The van der Waals surface area contributed by atoms with Crippen LogP contribution in [0.3, 0.4) is 0 Å². The summed E-state index contributed by atoms with van der Waals surface area (Å²) in [6.07, 6.45) is -1.13. The monoisotopic (exact) mass is 662 g/mol. The van der Waals surface area contributed by atoms with Crippen LogP contribution in [0.2, 0.25) is 10.0 Å². The predicted octanol–water partition coefficient (Wildman–Crippen LogP) is 5.26. The van der Waals surface area contributed by atoms with Crippen LogP contribution in [-0.4, -0.2) is 75.4 Å². The van der Waals surface area contributed by atoms with Gasteiger partial charge in [-0.25, -0.2) is 0 Å². The molecule has 2 aliphatic rings. The number of anilines is 2. The maximum Gasteiger partial charge on any atom is 0.142 e. The van der Waals surface area contributed by atoms with E-state index in [2.05, 4.69) is 20.4 Å². The summed E-state index contributed by atoms with van der Waals surface area (Å²) in [6.45, 7) is 1.88. The van der Waals surface area contributed by atoms with Crippen LogP contribution in [0.5, 0.6) is 11.5 Å². The fourth-order valence-corrected chi connectivity index (χ4v) is 7.76. The molecule has 0 unspecified atom stereocenters. The first kappa shape index (κ1) is 32.4. The second-order valence-electron chi connectivity index (χ2n) is 11.7. The number of nitrogens with zero attached hydrogens (tertiary/aromatic N) is 2. The van der Waals surface area contributed by atoms with Crippen LogP contribution < -0.4 is 29.9 Å². The molecule has 0 spiro atoms. The van der Waals surface area contributed by atoms with Crippen LogP contribution in [0, 0.1) is 0 Å². The van der Waals surface area contributed by atoms with Gasteiger partial charge in [0, 0.05) is 23.1 Å². The van der Waals surface area contributed by atoms with Crippen molar-refractivity contribution in [3.8, 4) is 11.5 Å². The third-order valence-corrected chi connectivity index (χ3v) is 9.58. The lowest BCUT2D eigenvalue weighted by molar-refractivity contribution is -0.114. The van der Waals surface area contributed by atoms with Gasteiger partial charge >= 0.3 is 0 Å². The van der Waals surface area contributed by atoms with E-state index >= 15 is 0 Å². The van der Waals surface area contributed by atoms with Gasteiger partial charge in [0.05, 0.1) is 36.6 Å². The lowest BCUT2D eigenvalue weighted by Gasteiger charge is -2.61. The van der Waals surface area contributed by atoms with Crippen molar-refractivity contribution in [2.75, 3.05) is 63.3 Å². The highest BCUT2D eigenvalue weighted by Gasteiger charge is 2.65. The van der Waals surface area contributed by atoms with Crippen molar-refractivity contribution in [2.24, 2.45) is 0 Å². The third-order valence-electron chi connectivity index (χ3n) is 9.11. The zero-order valence-electron chi connectivity index (χ0n) is 26.0. The van der Waals surface area contributed by atoms with Gasteiger partial charge in [-0.15, -0.1) is 0 Å². The molecule has 0 radical (unpaired) electrons. The average Bonchev–Trinajstić information content (AvgIpc) is 3.07. The number of halogens is 2. The molecule has 0 bridgehead atoms. The summed E-state index contributed by atoms with van der Waals surface area (Å²) in [5.41, 5.74) is -0.161. The van der Waals surface area contributed by atoms with Gasteiger partial charge in [0.2, 0.25) is 0 Å². The van der Waals surface area contributed by atoms with Crippen LogP contribution >= 0.6 is 23.2 Å². The van der Waals surface area contributed by atoms with Crippen molar-refractivity contribution in [1.82, 2.24) is 10.6 Å². The van der Waals surface area contributed by atoms with E-state index in [1.807, 2.05) is 92.0 Å². The Morgan fingerprint density at radius 3 is 2.00 bits per heavy atom. The van der Waals surface area contributed by atoms with E-state index in [1.54, 1.807) is 19.2 Å². The summed E-state index contributed by atoms with van der Waals surface area (Å²) in [5.74, 6) is 1.30. The maximum absolute atomic E-state index is 14.1. The lowest BCUT2D eigenvalue weighted by atomic mass is 9.63.